The SMILES string of the molecule is CC1(O)CCN(CC(=O)N2CCSc3ccccc32)C1. The number of β-amino-alcohol motifs (C(OH)–C–C–N with tert-alkyl or cyclic N) is 1. The molecule has 1 amide bonds. The van der Waals surface area contributed by atoms with E-state index in [1.807, 2.05) is 34.9 Å². The Labute approximate surface area is 123 Å². The molecule has 1 fully saturated rings. The molecule has 1 saturated heterocycles. The van der Waals surface area contributed by atoms with Crippen molar-refractivity contribution in [2.75, 3.05) is 36.8 Å². The van der Waals surface area contributed by atoms with Crippen molar-refractivity contribution in [1.82, 2.24) is 4.90 Å². The number of carbonyl (C=O) groups excluding carboxylic acids is 1. The molecule has 1 aromatic rings. The van der Waals surface area contributed by atoms with Crippen molar-refractivity contribution in [1.29, 1.82) is 0 Å². The first-order chi connectivity index (χ1) is 9.55. The zero-order valence-corrected chi connectivity index (χ0v) is 12.5. The van der Waals surface area contributed by atoms with E-state index in [4.69, 9.17) is 0 Å². The molecule has 0 spiro atoms. The van der Waals surface area contributed by atoms with Crippen LogP contribution < -0.4 is 4.90 Å². The van der Waals surface area contributed by atoms with Crippen LogP contribution in [0.25, 0.3) is 0 Å². The van der Waals surface area contributed by atoms with Gasteiger partial charge in [-0.15, -0.1) is 11.8 Å². The summed E-state index contributed by atoms with van der Waals surface area (Å²) in [6.07, 6.45) is 0.743. The van der Waals surface area contributed by atoms with Crippen LogP contribution in [0.15, 0.2) is 29.2 Å². The molecule has 108 valence electrons. The van der Waals surface area contributed by atoms with Crippen molar-refractivity contribution < 1.29 is 9.90 Å². The van der Waals surface area contributed by atoms with Gasteiger partial charge in [-0.25, -0.2) is 0 Å². The maximum Gasteiger partial charge on any atom is 0.241 e. The molecule has 0 aliphatic carbocycles. The van der Waals surface area contributed by atoms with Crippen molar-refractivity contribution in [3.8, 4) is 0 Å². The number of hydrogen-bond acceptors (Lipinski definition) is 4. The molecule has 0 aromatic heterocycles. The lowest BCUT2D eigenvalue weighted by atomic mass is 10.1. The monoisotopic (exact) mass is 292 g/mol. The summed E-state index contributed by atoms with van der Waals surface area (Å²) in [6.45, 7) is 4.39. The van der Waals surface area contributed by atoms with E-state index in [0.29, 0.717) is 13.1 Å². The molecule has 0 bridgehead atoms. The summed E-state index contributed by atoms with van der Waals surface area (Å²) in [5.41, 5.74) is 0.385. The number of benzene rings is 1. The second-order valence-corrected chi connectivity index (χ2v) is 6.96. The molecule has 2 aliphatic heterocycles. The van der Waals surface area contributed by atoms with Gasteiger partial charge in [-0.1, -0.05) is 12.1 Å². The van der Waals surface area contributed by atoms with E-state index in [1.165, 1.54) is 4.90 Å². The minimum atomic E-state index is -0.643. The van der Waals surface area contributed by atoms with Gasteiger partial charge in [0.2, 0.25) is 5.91 Å². The molecule has 5 heteroatoms. The number of carbonyl (C=O) groups is 1. The lowest BCUT2D eigenvalue weighted by Gasteiger charge is -2.30. The number of rotatable bonds is 2. The fourth-order valence-corrected chi connectivity index (χ4v) is 3.87. The molecule has 3 rings (SSSR count). The number of thioether (sulfide) groups is 1. The Morgan fingerprint density at radius 3 is 2.95 bits per heavy atom. The highest BCUT2D eigenvalue weighted by atomic mass is 32.2. The molecule has 2 aliphatic rings. The third kappa shape index (κ3) is 2.85. The van der Waals surface area contributed by atoms with Gasteiger partial charge < -0.3 is 10.0 Å². The van der Waals surface area contributed by atoms with Crippen LogP contribution in [0, 0.1) is 0 Å². The Kier molecular flexibility index (Phi) is 3.75. The summed E-state index contributed by atoms with van der Waals surface area (Å²) in [4.78, 5) is 17.6. The second-order valence-electron chi connectivity index (χ2n) is 5.82. The van der Waals surface area contributed by atoms with Gasteiger partial charge in [-0.2, -0.15) is 0 Å². The Hall–Kier alpha value is -1.04. The van der Waals surface area contributed by atoms with E-state index in [0.717, 1.165) is 31.0 Å². The van der Waals surface area contributed by atoms with Crippen LogP contribution in [0.5, 0.6) is 0 Å². The van der Waals surface area contributed by atoms with E-state index in [2.05, 4.69) is 6.07 Å². The highest BCUT2D eigenvalue weighted by molar-refractivity contribution is 7.99. The van der Waals surface area contributed by atoms with Crippen molar-refractivity contribution >= 4 is 23.4 Å². The van der Waals surface area contributed by atoms with Gasteiger partial charge in [0, 0.05) is 30.3 Å². The Morgan fingerprint density at radius 2 is 2.20 bits per heavy atom. The molecule has 1 atom stereocenters. The van der Waals surface area contributed by atoms with Gasteiger partial charge >= 0.3 is 0 Å². The Morgan fingerprint density at radius 1 is 1.40 bits per heavy atom. The number of amides is 1. The van der Waals surface area contributed by atoms with Gasteiger partial charge in [0.15, 0.2) is 0 Å². The Bertz CT molecular complexity index is 518. The molecule has 1 unspecified atom stereocenters. The van der Waals surface area contributed by atoms with Crippen LogP contribution in [-0.2, 0) is 4.79 Å². The Balaban J connectivity index is 1.70. The summed E-state index contributed by atoms with van der Waals surface area (Å²) in [5.74, 6) is 1.08. The number of anilines is 1. The minimum Gasteiger partial charge on any atom is -0.389 e. The summed E-state index contributed by atoms with van der Waals surface area (Å²) >= 11 is 1.80. The van der Waals surface area contributed by atoms with Gasteiger partial charge in [-0.3, -0.25) is 9.69 Å². The topological polar surface area (TPSA) is 43.8 Å². The fourth-order valence-electron chi connectivity index (χ4n) is 2.88. The van der Waals surface area contributed by atoms with E-state index in [-0.39, 0.29) is 5.91 Å². The van der Waals surface area contributed by atoms with E-state index in [1.54, 1.807) is 11.8 Å². The second kappa shape index (κ2) is 5.39. The molecule has 1 N–H and O–H groups in total. The smallest absolute Gasteiger partial charge is 0.241 e. The number of hydrogen-bond donors (Lipinski definition) is 1. The summed E-state index contributed by atoms with van der Waals surface area (Å²) in [5, 5.41) is 9.98. The summed E-state index contributed by atoms with van der Waals surface area (Å²) in [6, 6.07) is 8.07. The van der Waals surface area contributed by atoms with Crippen LogP contribution in [0.1, 0.15) is 13.3 Å². The van der Waals surface area contributed by atoms with Crippen LogP contribution in [0.4, 0.5) is 5.69 Å². The zero-order chi connectivity index (χ0) is 14.2. The molecule has 0 radical (unpaired) electrons. The summed E-state index contributed by atoms with van der Waals surface area (Å²) in [7, 11) is 0. The third-order valence-corrected chi connectivity index (χ3v) is 4.96. The van der Waals surface area contributed by atoms with Gasteiger partial charge in [0.05, 0.1) is 17.8 Å². The average molecular weight is 292 g/mol. The first-order valence-electron chi connectivity index (χ1n) is 7.02. The minimum absolute atomic E-state index is 0.135. The molecule has 0 saturated carbocycles. The van der Waals surface area contributed by atoms with Crippen molar-refractivity contribution in [3.05, 3.63) is 24.3 Å². The lowest BCUT2D eigenvalue weighted by Crippen LogP contribution is -2.43. The molecular weight excluding hydrogens is 272 g/mol. The van der Waals surface area contributed by atoms with Crippen molar-refractivity contribution in [2.24, 2.45) is 0 Å². The molecule has 2 heterocycles. The van der Waals surface area contributed by atoms with Crippen LogP contribution in [0.3, 0.4) is 0 Å². The maximum absolute atomic E-state index is 12.5. The van der Waals surface area contributed by atoms with Crippen molar-refractivity contribution in [3.63, 3.8) is 0 Å². The van der Waals surface area contributed by atoms with Crippen molar-refractivity contribution in [2.45, 2.75) is 23.8 Å². The quantitative estimate of drug-likeness (QED) is 0.899. The molecule has 20 heavy (non-hydrogen) atoms. The lowest BCUT2D eigenvalue weighted by molar-refractivity contribution is -0.119. The van der Waals surface area contributed by atoms with Gasteiger partial charge in [0.25, 0.3) is 0 Å². The number of fused-ring (bicyclic) bond motifs is 1. The normalized spacial score (nSPS) is 26.6. The number of likely N-dealkylation sites (tertiary alicyclic amines) is 1. The highest BCUT2D eigenvalue weighted by Gasteiger charge is 2.33. The van der Waals surface area contributed by atoms with E-state index < -0.39 is 5.60 Å². The number of aliphatic hydroxyl groups is 1. The van der Waals surface area contributed by atoms with E-state index in [9.17, 15) is 9.90 Å². The first kappa shape index (κ1) is 13.9. The molecule has 4 nitrogen and oxygen atoms in total. The fraction of sp³-hybridized carbons (Fsp3) is 0.533. The van der Waals surface area contributed by atoms with Gasteiger partial charge in [0.1, 0.15) is 0 Å². The highest BCUT2D eigenvalue weighted by Crippen LogP contribution is 2.34. The molecular formula is C15H20N2O2S. The predicted molar refractivity (Wildman–Crippen MR) is 81.2 cm³/mol. The number of nitrogens with zero attached hydrogens (tertiary/aromatic N) is 2. The average Bonchev–Trinajstić information content (AvgIpc) is 2.77. The zero-order valence-electron chi connectivity index (χ0n) is 11.7. The predicted octanol–water partition coefficient (Wildman–Crippen LogP) is 1.58. The number of para-hydroxylation sites is 1. The standard InChI is InChI=1S/C15H20N2O2S/c1-15(19)6-7-16(11-15)10-14(18)17-8-9-20-13-5-3-2-4-12(13)17/h2-5,19H,6-11H2,1H3. The van der Waals surface area contributed by atoms with Gasteiger partial charge in [-0.05, 0) is 25.5 Å². The largest absolute Gasteiger partial charge is 0.389 e. The third-order valence-electron chi connectivity index (χ3n) is 3.92. The first-order valence-corrected chi connectivity index (χ1v) is 8.01. The van der Waals surface area contributed by atoms with Crippen LogP contribution in [-0.4, -0.2) is 53.4 Å². The maximum atomic E-state index is 12.5. The van der Waals surface area contributed by atoms with Crippen LogP contribution in [0.2, 0.25) is 0 Å². The summed E-state index contributed by atoms with van der Waals surface area (Å²) < 4.78 is 0. The van der Waals surface area contributed by atoms with E-state index >= 15 is 0 Å². The van der Waals surface area contributed by atoms with Crippen LogP contribution >= 0.6 is 11.8 Å². The molecule has 1 aromatic carbocycles.